The van der Waals surface area contributed by atoms with Gasteiger partial charge in [0.2, 0.25) is 0 Å². The van der Waals surface area contributed by atoms with Gasteiger partial charge in [0.05, 0.1) is 0 Å². The van der Waals surface area contributed by atoms with Crippen molar-refractivity contribution in [2.45, 2.75) is 39.7 Å². The minimum atomic E-state index is 0.330. The Balaban J connectivity index is 2.31. The lowest BCUT2D eigenvalue weighted by Gasteiger charge is -2.45. The fraction of sp³-hybridized carbons (Fsp3) is 1.00. The van der Waals surface area contributed by atoms with Gasteiger partial charge < -0.3 is 5.11 Å². The first kappa shape index (κ1) is 11.0. The molecule has 2 nitrogen and oxygen atoms in total. The molecule has 0 amide bonds. The van der Waals surface area contributed by atoms with Crippen molar-refractivity contribution < 1.29 is 5.11 Å². The van der Waals surface area contributed by atoms with Crippen molar-refractivity contribution in [1.82, 2.24) is 4.90 Å². The van der Waals surface area contributed by atoms with Crippen LogP contribution in [-0.4, -0.2) is 35.7 Å². The normalized spacial score (nSPS) is 21.9. The third kappa shape index (κ3) is 2.68. The fourth-order valence-electron chi connectivity index (χ4n) is 2.21. The van der Waals surface area contributed by atoms with Gasteiger partial charge in [0.25, 0.3) is 0 Å². The minimum Gasteiger partial charge on any atom is -0.396 e. The lowest BCUT2D eigenvalue weighted by Crippen LogP contribution is -2.53. The largest absolute Gasteiger partial charge is 0.396 e. The molecule has 1 fully saturated rings. The number of likely N-dealkylation sites (tertiary alicyclic amines) is 1. The quantitative estimate of drug-likeness (QED) is 0.705. The van der Waals surface area contributed by atoms with Crippen LogP contribution < -0.4 is 0 Å². The second kappa shape index (κ2) is 4.97. The molecule has 0 bridgehead atoms. The average molecular weight is 185 g/mol. The van der Waals surface area contributed by atoms with Crippen LogP contribution in [0.3, 0.4) is 0 Å². The molecule has 1 unspecified atom stereocenters. The van der Waals surface area contributed by atoms with Gasteiger partial charge in [0.15, 0.2) is 0 Å². The standard InChI is InChI=1S/C11H23NO/c1-4-10-7-12(8-10)11(5-6-13)9(2)3/h9-11,13H,4-8H2,1-3H3. The number of hydrogen-bond acceptors (Lipinski definition) is 2. The second-order valence-corrected chi connectivity index (χ2v) is 4.55. The Morgan fingerprint density at radius 2 is 2.00 bits per heavy atom. The highest BCUT2D eigenvalue weighted by Crippen LogP contribution is 2.26. The predicted molar refractivity (Wildman–Crippen MR) is 55.7 cm³/mol. The van der Waals surface area contributed by atoms with Crippen LogP contribution in [0.1, 0.15) is 33.6 Å². The SMILES string of the molecule is CCC1CN(C(CCO)C(C)C)C1. The van der Waals surface area contributed by atoms with E-state index in [0.717, 1.165) is 12.3 Å². The summed E-state index contributed by atoms with van der Waals surface area (Å²) in [5.41, 5.74) is 0. The molecule has 0 spiro atoms. The molecule has 1 saturated heterocycles. The summed E-state index contributed by atoms with van der Waals surface area (Å²) in [4.78, 5) is 2.52. The summed E-state index contributed by atoms with van der Waals surface area (Å²) in [6, 6.07) is 0.604. The van der Waals surface area contributed by atoms with E-state index in [1.807, 2.05) is 0 Å². The van der Waals surface area contributed by atoms with Crippen LogP contribution in [0.5, 0.6) is 0 Å². The third-order valence-corrected chi connectivity index (χ3v) is 3.23. The number of rotatable bonds is 5. The fourth-order valence-corrected chi connectivity index (χ4v) is 2.21. The predicted octanol–water partition coefficient (Wildman–Crippen LogP) is 1.74. The maximum atomic E-state index is 8.95. The lowest BCUT2D eigenvalue weighted by atomic mass is 9.90. The van der Waals surface area contributed by atoms with Gasteiger partial charge in [0, 0.05) is 25.7 Å². The monoisotopic (exact) mass is 185 g/mol. The molecule has 2 heteroatoms. The van der Waals surface area contributed by atoms with E-state index < -0.39 is 0 Å². The highest BCUT2D eigenvalue weighted by Gasteiger charge is 2.31. The van der Waals surface area contributed by atoms with E-state index in [9.17, 15) is 0 Å². The molecule has 1 heterocycles. The van der Waals surface area contributed by atoms with Crippen LogP contribution in [0.15, 0.2) is 0 Å². The number of aliphatic hydroxyl groups excluding tert-OH is 1. The Bertz CT molecular complexity index is 141. The average Bonchev–Trinajstić information content (AvgIpc) is 2.00. The molecular formula is C11H23NO. The van der Waals surface area contributed by atoms with Crippen LogP contribution in [0.25, 0.3) is 0 Å². The topological polar surface area (TPSA) is 23.5 Å². The minimum absolute atomic E-state index is 0.330. The highest BCUT2D eigenvalue weighted by molar-refractivity contribution is 4.85. The van der Waals surface area contributed by atoms with Crippen LogP contribution in [0.2, 0.25) is 0 Å². The zero-order chi connectivity index (χ0) is 9.84. The van der Waals surface area contributed by atoms with Gasteiger partial charge in [0.1, 0.15) is 0 Å². The summed E-state index contributed by atoms with van der Waals surface area (Å²) < 4.78 is 0. The molecule has 1 atom stereocenters. The van der Waals surface area contributed by atoms with E-state index in [0.29, 0.717) is 18.6 Å². The molecular weight excluding hydrogens is 162 g/mol. The Morgan fingerprint density at radius 1 is 1.38 bits per heavy atom. The van der Waals surface area contributed by atoms with Crippen molar-refractivity contribution in [2.75, 3.05) is 19.7 Å². The van der Waals surface area contributed by atoms with Gasteiger partial charge in [-0.05, 0) is 18.3 Å². The smallest absolute Gasteiger partial charge is 0.0446 e. The molecule has 1 aliphatic heterocycles. The summed E-state index contributed by atoms with van der Waals surface area (Å²) in [7, 11) is 0. The second-order valence-electron chi connectivity index (χ2n) is 4.55. The summed E-state index contributed by atoms with van der Waals surface area (Å²) in [6.07, 6.45) is 2.24. The molecule has 0 aromatic heterocycles. The summed E-state index contributed by atoms with van der Waals surface area (Å²) in [5, 5.41) is 8.95. The molecule has 1 N–H and O–H groups in total. The highest BCUT2D eigenvalue weighted by atomic mass is 16.3. The van der Waals surface area contributed by atoms with Crippen molar-refractivity contribution in [1.29, 1.82) is 0 Å². The van der Waals surface area contributed by atoms with Crippen molar-refractivity contribution in [3.8, 4) is 0 Å². The molecule has 0 saturated carbocycles. The lowest BCUT2D eigenvalue weighted by molar-refractivity contribution is 0.0182. The summed E-state index contributed by atoms with van der Waals surface area (Å²) in [6.45, 7) is 9.59. The van der Waals surface area contributed by atoms with Gasteiger partial charge in [-0.1, -0.05) is 27.2 Å². The Kier molecular flexibility index (Phi) is 4.20. The van der Waals surface area contributed by atoms with Crippen molar-refractivity contribution in [3.05, 3.63) is 0 Å². The van der Waals surface area contributed by atoms with Gasteiger partial charge in [-0.2, -0.15) is 0 Å². The molecule has 0 aliphatic carbocycles. The third-order valence-electron chi connectivity index (χ3n) is 3.23. The van der Waals surface area contributed by atoms with Gasteiger partial charge in [-0.15, -0.1) is 0 Å². The zero-order valence-electron chi connectivity index (χ0n) is 9.16. The molecule has 1 aliphatic rings. The molecule has 13 heavy (non-hydrogen) atoms. The first-order valence-corrected chi connectivity index (χ1v) is 5.54. The summed E-state index contributed by atoms with van der Waals surface area (Å²) in [5.74, 6) is 1.59. The zero-order valence-corrected chi connectivity index (χ0v) is 9.16. The molecule has 0 aromatic carbocycles. The van der Waals surface area contributed by atoms with E-state index in [2.05, 4.69) is 25.7 Å². The van der Waals surface area contributed by atoms with Crippen LogP contribution >= 0.6 is 0 Å². The van der Waals surface area contributed by atoms with Crippen molar-refractivity contribution in [2.24, 2.45) is 11.8 Å². The molecule has 0 radical (unpaired) electrons. The number of hydrogen-bond donors (Lipinski definition) is 1. The van der Waals surface area contributed by atoms with E-state index in [1.165, 1.54) is 19.5 Å². The Labute approximate surface area is 81.9 Å². The molecule has 1 rings (SSSR count). The van der Waals surface area contributed by atoms with Crippen LogP contribution in [0, 0.1) is 11.8 Å². The van der Waals surface area contributed by atoms with Gasteiger partial charge in [-0.3, -0.25) is 4.90 Å². The van der Waals surface area contributed by atoms with Crippen molar-refractivity contribution in [3.63, 3.8) is 0 Å². The molecule has 0 aromatic rings. The number of aliphatic hydroxyl groups is 1. The van der Waals surface area contributed by atoms with Gasteiger partial charge in [-0.25, -0.2) is 0 Å². The maximum absolute atomic E-state index is 8.95. The van der Waals surface area contributed by atoms with Gasteiger partial charge >= 0.3 is 0 Å². The van der Waals surface area contributed by atoms with Crippen LogP contribution in [-0.2, 0) is 0 Å². The van der Waals surface area contributed by atoms with E-state index >= 15 is 0 Å². The van der Waals surface area contributed by atoms with Crippen molar-refractivity contribution >= 4 is 0 Å². The van der Waals surface area contributed by atoms with E-state index in [4.69, 9.17) is 5.11 Å². The summed E-state index contributed by atoms with van der Waals surface area (Å²) >= 11 is 0. The Morgan fingerprint density at radius 3 is 2.38 bits per heavy atom. The first-order valence-electron chi connectivity index (χ1n) is 5.54. The van der Waals surface area contributed by atoms with Crippen LogP contribution in [0.4, 0.5) is 0 Å². The number of nitrogens with zero attached hydrogens (tertiary/aromatic N) is 1. The molecule has 78 valence electrons. The first-order chi connectivity index (χ1) is 6.19. The maximum Gasteiger partial charge on any atom is 0.0446 e. The van der Waals surface area contributed by atoms with E-state index in [1.54, 1.807) is 0 Å². The Hall–Kier alpha value is -0.0800. The van der Waals surface area contributed by atoms with E-state index in [-0.39, 0.29) is 0 Å².